The van der Waals surface area contributed by atoms with Crippen molar-refractivity contribution in [2.75, 3.05) is 4.90 Å². The predicted octanol–water partition coefficient (Wildman–Crippen LogP) is 2.34. The lowest BCUT2D eigenvalue weighted by molar-refractivity contribution is 0.498. The summed E-state index contributed by atoms with van der Waals surface area (Å²) in [5.74, 6) is -0.244. The van der Waals surface area contributed by atoms with Gasteiger partial charge in [-0.15, -0.1) is 0 Å². The number of hydrogen-bond donors (Lipinski definition) is 0. The highest BCUT2D eigenvalue weighted by atomic mass is 19.1. The fraction of sp³-hybridized carbons (Fsp3) is 0.143. The second-order valence-corrected chi connectivity index (χ2v) is 4.39. The Morgan fingerprint density at radius 2 is 1.45 bits per heavy atom. The molecule has 0 aliphatic carbocycles. The summed E-state index contributed by atoms with van der Waals surface area (Å²) >= 11 is 0. The van der Waals surface area contributed by atoms with E-state index in [0.717, 1.165) is 5.69 Å². The Balaban J connectivity index is 1.84. The Kier molecular flexibility index (Phi) is 3.45. The molecule has 0 saturated carbocycles. The first-order valence-electron chi connectivity index (χ1n) is 6.26. The SMILES string of the molecule is Fc1ccc(N(Cn2cccn2)Cn2cccn2)cc1. The smallest absolute Gasteiger partial charge is 0.123 e. The lowest BCUT2D eigenvalue weighted by atomic mass is 10.3. The minimum Gasteiger partial charge on any atom is -0.332 e. The summed E-state index contributed by atoms with van der Waals surface area (Å²) in [5, 5.41) is 8.40. The largest absolute Gasteiger partial charge is 0.332 e. The van der Waals surface area contributed by atoms with Crippen molar-refractivity contribution in [3.63, 3.8) is 0 Å². The maximum Gasteiger partial charge on any atom is 0.123 e. The van der Waals surface area contributed by atoms with Gasteiger partial charge in [0.05, 0.1) is 0 Å². The molecule has 0 amide bonds. The monoisotopic (exact) mass is 271 g/mol. The zero-order valence-corrected chi connectivity index (χ0v) is 10.8. The molecule has 6 heteroatoms. The zero-order chi connectivity index (χ0) is 13.8. The van der Waals surface area contributed by atoms with E-state index >= 15 is 0 Å². The van der Waals surface area contributed by atoms with E-state index in [1.807, 2.05) is 33.9 Å². The minimum absolute atomic E-state index is 0.244. The van der Waals surface area contributed by atoms with E-state index in [1.54, 1.807) is 24.5 Å². The highest BCUT2D eigenvalue weighted by Gasteiger charge is 2.08. The highest BCUT2D eigenvalue weighted by molar-refractivity contribution is 5.44. The third kappa shape index (κ3) is 2.85. The van der Waals surface area contributed by atoms with Crippen LogP contribution in [0.4, 0.5) is 10.1 Å². The standard InChI is InChI=1S/C14H14FN5/c15-13-3-5-14(6-4-13)18(11-19-9-1-7-16-19)12-20-10-2-8-17-20/h1-10H,11-12H2. The van der Waals surface area contributed by atoms with E-state index in [9.17, 15) is 4.39 Å². The van der Waals surface area contributed by atoms with Crippen LogP contribution in [0.1, 0.15) is 0 Å². The fourth-order valence-corrected chi connectivity index (χ4v) is 1.98. The summed E-state index contributed by atoms with van der Waals surface area (Å²) in [6, 6.07) is 10.2. The Morgan fingerprint density at radius 3 is 1.90 bits per heavy atom. The van der Waals surface area contributed by atoms with Crippen LogP contribution < -0.4 is 4.90 Å². The minimum atomic E-state index is -0.244. The van der Waals surface area contributed by atoms with Crippen LogP contribution in [-0.2, 0) is 13.3 Å². The van der Waals surface area contributed by atoms with Crippen molar-refractivity contribution in [1.82, 2.24) is 19.6 Å². The van der Waals surface area contributed by atoms with Crippen molar-refractivity contribution >= 4 is 5.69 Å². The van der Waals surface area contributed by atoms with Crippen molar-refractivity contribution in [1.29, 1.82) is 0 Å². The number of rotatable bonds is 5. The molecule has 0 spiro atoms. The van der Waals surface area contributed by atoms with Gasteiger partial charge in [0.2, 0.25) is 0 Å². The number of hydrogen-bond acceptors (Lipinski definition) is 3. The molecule has 0 unspecified atom stereocenters. The maximum atomic E-state index is 13.1. The predicted molar refractivity (Wildman–Crippen MR) is 73.3 cm³/mol. The first kappa shape index (κ1) is 12.4. The number of benzene rings is 1. The van der Waals surface area contributed by atoms with E-state index < -0.39 is 0 Å². The molecule has 5 nitrogen and oxygen atoms in total. The second-order valence-electron chi connectivity index (χ2n) is 4.39. The van der Waals surface area contributed by atoms with Crippen molar-refractivity contribution in [3.05, 3.63) is 67.0 Å². The highest BCUT2D eigenvalue weighted by Crippen LogP contribution is 2.16. The van der Waals surface area contributed by atoms with Gasteiger partial charge < -0.3 is 4.90 Å². The van der Waals surface area contributed by atoms with Crippen LogP contribution in [0.2, 0.25) is 0 Å². The normalized spacial score (nSPS) is 10.7. The van der Waals surface area contributed by atoms with Gasteiger partial charge in [-0.25, -0.2) is 4.39 Å². The molecule has 0 atom stereocenters. The summed E-state index contributed by atoms with van der Waals surface area (Å²) < 4.78 is 16.7. The summed E-state index contributed by atoms with van der Waals surface area (Å²) in [7, 11) is 0. The van der Waals surface area contributed by atoms with Gasteiger partial charge in [0, 0.05) is 30.5 Å². The lowest BCUT2D eigenvalue weighted by Gasteiger charge is -2.24. The summed E-state index contributed by atoms with van der Waals surface area (Å²) in [6.07, 6.45) is 7.24. The molecule has 20 heavy (non-hydrogen) atoms. The fourth-order valence-electron chi connectivity index (χ4n) is 1.98. The molecule has 0 saturated heterocycles. The molecule has 0 bridgehead atoms. The summed E-state index contributed by atoms with van der Waals surface area (Å²) in [5.41, 5.74) is 0.914. The molecule has 102 valence electrons. The first-order valence-corrected chi connectivity index (χ1v) is 6.26. The molecule has 0 N–H and O–H groups in total. The first-order chi connectivity index (χ1) is 9.81. The van der Waals surface area contributed by atoms with Gasteiger partial charge in [-0.05, 0) is 36.4 Å². The van der Waals surface area contributed by atoms with Crippen LogP contribution in [-0.4, -0.2) is 19.6 Å². The van der Waals surface area contributed by atoms with Gasteiger partial charge >= 0.3 is 0 Å². The van der Waals surface area contributed by atoms with Crippen LogP contribution in [0.3, 0.4) is 0 Å². The van der Waals surface area contributed by atoms with E-state index in [1.165, 1.54) is 12.1 Å². The van der Waals surface area contributed by atoms with Gasteiger partial charge in [0.1, 0.15) is 19.2 Å². The average Bonchev–Trinajstić information content (AvgIpc) is 3.12. The molecular formula is C14H14FN5. The molecule has 0 radical (unpaired) electrons. The van der Waals surface area contributed by atoms with Crippen LogP contribution in [0, 0.1) is 5.82 Å². The van der Waals surface area contributed by atoms with Crippen molar-refractivity contribution < 1.29 is 4.39 Å². The third-order valence-corrected chi connectivity index (χ3v) is 2.94. The van der Waals surface area contributed by atoms with Gasteiger partial charge in [0.25, 0.3) is 0 Å². The molecule has 0 fully saturated rings. The van der Waals surface area contributed by atoms with Crippen LogP contribution in [0.15, 0.2) is 61.2 Å². The van der Waals surface area contributed by atoms with Crippen LogP contribution >= 0.6 is 0 Å². The molecule has 0 aliphatic heterocycles. The van der Waals surface area contributed by atoms with Gasteiger partial charge in [-0.1, -0.05) is 0 Å². The Morgan fingerprint density at radius 1 is 0.900 bits per heavy atom. The molecule has 2 heterocycles. The summed E-state index contributed by atoms with van der Waals surface area (Å²) in [4.78, 5) is 2.06. The van der Waals surface area contributed by atoms with Gasteiger partial charge in [-0.2, -0.15) is 10.2 Å². The molecule has 1 aromatic carbocycles. The lowest BCUT2D eigenvalue weighted by Crippen LogP contribution is -2.29. The Hall–Kier alpha value is -2.63. The molecular weight excluding hydrogens is 257 g/mol. The number of halogens is 1. The van der Waals surface area contributed by atoms with Crippen molar-refractivity contribution in [2.24, 2.45) is 0 Å². The average molecular weight is 271 g/mol. The zero-order valence-electron chi connectivity index (χ0n) is 10.8. The van der Waals surface area contributed by atoms with E-state index in [0.29, 0.717) is 13.3 Å². The van der Waals surface area contributed by atoms with E-state index in [-0.39, 0.29) is 5.82 Å². The van der Waals surface area contributed by atoms with E-state index in [2.05, 4.69) is 15.1 Å². The van der Waals surface area contributed by atoms with Crippen LogP contribution in [0.5, 0.6) is 0 Å². The Bertz CT molecular complexity index is 595. The topological polar surface area (TPSA) is 38.9 Å². The Labute approximate surface area is 115 Å². The number of anilines is 1. The summed E-state index contributed by atoms with van der Waals surface area (Å²) in [6.45, 7) is 1.14. The van der Waals surface area contributed by atoms with Crippen molar-refractivity contribution in [2.45, 2.75) is 13.3 Å². The second kappa shape index (κ2) is 5.56. The molecule has 0 aliphatic rings. The maximum absolute atomic E-state index is 13.1. The molecule has 3 aromatic rings. The van der Waals surface area contributed by atoms with Gasteiger partial charge in [0.15, 0.2) is 0 Å². The van der Waals surface area contributed by atoms with E-state index in [4.69, 9.17) is 0 Å². The number of aromatic nitrogens is 4. The number of nitrogens with zero attached hydrogens (tertiary/aromatic N) is 5. The van der Waals surface area contributed by atoms with Crippen molar-refractivity contribution in [3.8, 4) is 0 Å². The third-order valence-electron chi connectivity index (χ3n) is 2.94. The van der Waals surface area contributed by atoms with Gasteiger partial charge in [-0.3, -0.25) is 9.36 Å². The molecule has 3 rings (SSSR count). The quantitative estimate of drug-likeness (QED) is 0.715. The van der Waals surface area contributed by atoms with Crippen LogP contribution in [0.25, 0.3) is 0 Å². The molecule has 2 aromatic heterocycles.